The Morgan fingerprint density at radius 1 is 0.500 bits per heavy atom. The third-order valence-corrected chi connectivity index (χ3v) is 17.7. The fourth-order valence-electron chi connectivity index (χ4n) is 14.6. The van der Waals surface area contributed by atoms with E-state index >= 15 is 0 Å². The van der Waals surface area contributed by atoms with E-state index in [1.807, 2.05) is 12.2 Å². The monoisotopic (exact) mass is 680 g/mol. The molecule has 2 aliphatic heterocycles. The van der Waals surface area contributed by atoms with E-state index in [0.717, 1.165) is 51.4 Å². The highest BCUT2D eigenvalue weighted by molar-refractivity contribution is 5.92. The predicted octanol–water partition coefficient (Wildman–Crippen LogP) is 8.74. The van der Waals surface area contributed by atoms with Crippen molar-refractivity contribution in [1.82, 2.24) is 0 Å². The standard InChI is InChI=1S/2C22H28O3/c2*1-20-9-5-15(23)13-14(20)3-4-16-17(20)6-10-21(2)18(16)7-11-22(21)12-8-19(24)25-22/h2*3-4,13,16-18H,5-12H2,1-2H3. The van der Waals surface area contributed by atoms with Gasteiger partial charge in [-0.3, -0.25) is 19.2 Å². The summed E-state index contributed by atoms with van der Waals surface area (Å²) in [6.07, 6.45) is 28.6. The first kappa shape index (κ1) is 33.1. The van der Waals surface area contributed by atoms with E-state index in [-0.39, 0.29) is 56.4 Å². The molecule has 0 aromatic carbocycles. The van der Waals surface area contributed by atoms with Crippen molar-refractivity contribution in [3.05, 3.63) is 47.6 Å². The van der Waals surface area contributed by atoms with Gasteiger partial charge in [-0.2, -0.15) is 0 Å². The molecule has 2 saturated heterocycles. The summed E-state index contributed by atoms with van der Waals surface area (Å²) >= 11 is 0. The lowest BCUT2D eigenvalue weighted by atomic mass is 9.48. The first-order valence-corrected chi connectivity index (χ1v) is 20.1. The van der Waals surface area contributed by atoms with Crippen LogP contribution in [0.15, 0.2) is 47.6 Å². The molecule has 0 radical (unpaired) electrons. The Morgan fingerprint density at radius 3 is 1.28 bits per heavy atom. The summed E-state index contributed by atoms with van der Waals surface area (Å²) in [4.78, 5) is 47.6. The van der Waals surface area contributed by atoms with Crippen LogP contribution in [0.25, 0.3) is 0 Å². The molecule has 12 unspecified atom stereocenters. The van der Waals surface area contributed by atoms with Crippen molar-refractivity contribution in [3.63, 3.8) is 0 Å². The molecule has 10 rings (SSSR count). The quantitative estimate of drug-likeness (QED) is 0.238. The largest absolute Gasteiger partial charge is 0.458 e. The van der Waals surface area contributed by atoms with E-state index in [0.29, 0.717) is 61.2 Å². The lowest BCUT2D eigenvalue weighted by molar-refractivity contribution is -0.166. The topological polar surface area (TPSA) is 86.7 Å². The predicted molar refractivity (Wildman–Crippen MR) is 189 cm³/mol. The van der Waals surface area contributed by atoms with Crippen molar-refractivity contribution in [2.75, 3.05) is 0 Å². The van der Waals surface area contributed by atoms with Gasteiger partial charge in [0.15, 0.2) is 11.6 Å². The van der Waals surface area contributed by atoms with Gasteiger partial charge < -0.3 is 9.47 Å². The summed E-state index contributed by atoms with van der Waals surface area (Å²) in [5, 5.41) is 0. The minimum atomic E-state index is -0.201. The molecule has 10 aliphatic rings. The lowest BCUT2D eigenvalue weighted by Gasteiger charge is -2.57. The maximum absolute atomic E-state index is 11.9. The van der Waals surface area contributed by atoms with Crippen LogP contribution >= 0.6 is 0 Å². The Kier molecular flexibility index (Phi) is 7.21. The van der Waals surface area contributed by atoms with Crippen molar-refractivity contribution < 1.29 is 28.7 Å². The van der Waals surface area contributed by atoms with Crippen LogP contribution in [0.4, 0.5) is 0 Å². The molecular formula is C44H56O6. The maximum atomic E-state index is 11.9. The SMILES string of the molecule is CC12CCC(=O)C=C1C=CC1C2CCC2(C)C1CCC21CCC(=O)O1.CC12CCC(=O)C=C1C=CC1C2CCC2(C)C1CCC21CCC(=O)O1. The number of fused-ring (bicyclic) bond motifs is 12. The zero-order chi connectivity index (χ0) is 34.9. The molecule has 12 atom stereocenters. The molecule has 0 aromatic rings. The summed E-state index contributed by atoms with van der Waals surface area (Å²) in [6, 6.07) is 0. The Hall–Kier alpha value is -2.76. The lowest BCUT2D eigenvalue weighted by Crippen LogP contribution is -2.53. The molecule has 8 aliphatic carbocycles. The minimum absolute atomic E-state index is 0.00570. The number of carbonyl (C=O) groups is 4. The van der Waals surface area contributed by atoms with E-state index in [2.05, 4.69) is 52.0 Å². The van der Waals surface area contributed by atoms with Crippen LogP contribution in [-0.4, -0.2) is 34.7 Å². The Bertz CT molecular complexity index is 1560. The molecule has 50 heavy (non-hydrogen) atoms. The summed E-state index contributed by atoms with van der Waals surface area (Å²) in [6.45, 7) is 9.56. The molecule has 268 valence electrons. The van der Waals surface area contributed by atoms with Gasteiger partial charge in [0, 0.05) is 36.5 Å². The maximum Gasteiger partial charge on any atom is 0.306 e. The number of rotatable bonds is 0. The van der Waals surface area contributed by atoms with Crippen LogP contribution in [0, 0.1) is 57.2 Å². The Labute approximate surface area is 297 Å². The zero-order valence-electron chi connectivity index (χ0n) is 30.7. The van der Waals surface area contributed by atoms with Gasteiger partial charge in [-0.1, -0.05) is 52.0 Å². The third-order valence-electron chi connectivity index (χ3n) is 17.7. The highest BCUT2D eigenvalue weighted by Crippen LogP contribution is 2.70. The molecule has 6 fully saturated rings. The van der Waals surface area contributed by atoms with Crippen LogP contribution in [0.1, 0.15) is 130 Å². The Balaban J connectivity index is 0.000000135. The second-order valence-corrected chi connectivity index (χ2v) is 19.2. The van der Waals surface area contributed by atoms with Crippen molar-refractivity contribution >= 4 is 23.5 Å². The van der Waals surface area contributed by atoms with Crippen molar-refractivity contribution in [3.8, 4) is 0 Å². The van der Waals surface area contributed by atoms with Crippen molar-refractivity contribution in [2.24, 2.45) is 57.2 Å². The number of hydrogen-bond acceptors (Lipinski definition) is 6. The summed E-state index contributed by atoms with van der Waals surface area (Å²) in [7, 11) is 0. The summed E-state index contributed by atoms with van der Waals surface area (Å²) in [5.41, 5.74) is 2.65. The fourth-order valence-corrected chi connectivity index (χ4v) is 14.6. The van der Waals surface area contributed by atoms with Gasteiger partial charge in [0.2, 0.25) is 0 Å². The molecule has 0 bridgehead atoms. The van der Waals surface area contributed by atoms with Crippen LogP contribution in [0.5, 0.6) is 0 Å². The molecule has 0 amide bonds. The first-order chi connectivity index (χ1) is 23.8. The van der Waals surface area contributed by atoms with Gasteiger partial charge in [-0.15, -0.1) is 0 Å². The number of ether oxygens (including phenoxy) is 2. The highest BCUT2D eigenvalue weighted by atomic mass is 16.6. The molecule has 6 nitrogen and oxygen atoms in total. The number of allylic oxidation sites excluding steroid dienone is 8. The molecular weight excluding hydrogens is 624 g/mol. The van der Waals surface area contributed by atoms with Crippen LogP contribution in [0.2, 0.25) is 0 Å². The summed E-state index contributed by atoms with van der Waals surface area (Å²) < 4.78 is 12.0. The van der Waals surface area contributed by atoms with E-state index in [4.69, 9.17) is 9.47 Å². The minimum Gasteiger partial charge on any atom is -0.458 e. The van der Waals surface area contributed by atoms with E-state index < -0.39 is 0 Å². The summed E-state index contributed by atoms with van der Waals surface area (Å²) in [5.74, 6) is 4.17. The van der Waals surface area contributed by atoms with Gasteiger partial charge in [-0.05, 0) is 147 Å². The number of ketones is 2. The molecule has 4 saturated carbocycles. The molecule has 2 spiro atoms. The van der Waals surface area contributed by atoms with Gasteiger partial charge in [-0.25, -0.2) is 0 Å². The normalized spacial score (nSPS) is 51.0. The number of hydrogen-bond donors (Lipinski definition) is 0. The molecule has 2 heterocycles. The highest BCUT2D eigenvalue weighted by Gasteiger charge is 2.68. The zero-order valence-corrected chi connectivity index (χ0v) is 30.7. The van der Waals surface area contributed by atoms with E-state index in [1.54, 1.807) is 0 Å². The Morgan fingerprint density at radius 2 is 0.900 bits per heavy atom. The first-order valence-electron chi connectivity index (χ1n) is 20.1. The van der Waals surface area contributed by atoms with Crippen LogP contribution < -0.4 is 0 Å². The van der Waals surface area contributed by atoms with Gasteiger partial charge in [0.25, 0.3) is 0 Å². The van der Waals surface area contributed by atoms with Crippen molar-refractivity contribution in [2.45, 2.75) is 142 Å². The fraction of sp³-hybridized carbons (Fsp3) is 0.727. The van der Waals surface area contributed by atoms with Gasteiger partial charge in [0.05, 0.1) is 0 Å². The molecule has 0 N–H and O–H groups in total. The second kappa shape index (κ2) is 10.9. The van der Waals surface area contributed by atoms with Crippen LogP contribution in [-0.2, 0) is 28.7 Å². The molecule has 0 aromatic heterocycles. The van der Waals surface area contributed by atoms with Crippen molar-refractivity contribution in [1.29, 1.82) is 0 Å². The third kappa shape index (κ3) is 4.32. The number of esters is 2. The van der Waals surface area contributed by atoms with E-state index in [9.17, 15) is 19.2 Å². The second-order valence-electron chi connectivity index (χ2n) is 19.2. The van der Waals surface area contributed by atoms with E-state index in [1.165, 1.54) is 36.8 Å². The number of carbonyl (C=O) groups excluding carboxylic acids is 4. The van der Waals surface area contributed by atoms with Crippen LogP contribution in [0.3, 0.4) is 0 Å². The average Bonchev–Trinajstić information content (AvgIpc) is 3.82. The average molecular weight is 681 g/mol. The molecule has 6 heteroatoms. The van der Waals surface area contributed by atoms with Gasteiger partial charge in [0.1, 0.15) is 11.2 Å². The smallest absolute Gasteiger partial charge is 0.306 e. The van der Waals surface area contributed by atoms with Gasteiger partial charge >= 0.3 is 11.9 Å².